The number of anilines is 2. The van der Waals surface area contributed by atoms with Crippen molar-refractivity contribution in [1.82, 2.24) is 30.0 Å². The van der Waals surface area contributed by atoms with Crippen LogP contribution in [-0.4, -0.2) is 70.4 Å². The van der Waals surface area contributed by atoms with Crippen molar-refractivity contribution >= 4 is 28.8 Å². The van der Waals surface area contributed by atoms with Crippen LogP contribution in [0.1, 0.15) is 16.2 Å². The number of rotatable bonds is 4. The van der Waals surface area contributed by atoms with Crippen LogP contribution < -0.4 is 15.6 Å². The number of hydrazine groups is 1. The molecule has 0 spiro atoms. The molecule has 0 saturated carbocycles. The lowest BCUT2D eigenvalue weighted by Gasteiger charge is -2.27. The first-order valence-corrected chi connectivity index (χ1v) is 9.81. The van der Waals surface area contributed by atoms with E-state index < -0.39 is 0 Å². The van der Waals surface area contributed by atoms with Crippen molar-refractivity contribution in [2.24, 2.45) is 0 Å². The Bertz CT molecular complexity index is 1120. The molecule has 1 fully saturated rings. The Balaban J connectivity index is 1.39. The van der Waals surface area contributed by atoms with Gasteiger partial charge in [-0.3, -0.25) is 4.79 Å². The highest BCUT2D eigenvalue weighted by Gasteiger charge is 2.18. The van der Waals surface area contributed by atoms with Gasteiger partial charge in [-0.15, -0.1) is 0 Å². The summed E-state index contributed by atoms with van der Waals surface area (Å²) in [5.74, 6) is 0.994. The third-order valence-electron chi connectivity index (χ3n) is 5.10. The van der Waals surface area contributed by atoms with Gasteiger partial charge in [0.15, 0.2) is 11.3 Å². The summed E-state index contributed by atoms with van der Waals surface area (Å²) in [5.41, 5.74) is 5.98. The Morgan fingerprint density at radius 1 is 1.20 bits per heavy atom. The van der Waals surface area contributed by atoms with Gasteiger partial charge in [0, 0.05) is 38.5 Å². The van der Waals surface area contributed by atoms with E-state index in [0.29, 0.717) is 36.9 Å². The summed E-state index contributed by atoms with van der Waals surface area (Å²) < 4.78 is 6.96. The first-order valence-electron chi connectivity index (χ1n) is 9.81. The van der Waals surface area contributed by atoms with Crippen molar-refractivity contribution in [3.63, 3.8) is 0 Å². The lowest BCUT2D eigenvalue weighted by atomic mass is 10.2. The molecule has 5 rings (SSSR count). The number of carbonyl (C=O) groups excluding carboxylic acids is 1. The van der Waals surface area contributed by atoms with Crippen molar-refractivity contribution < 1.29 is 9.53 Å². The van der Waals surface area contributed by atoms with E-state index in [0.717, 1.165) is 30.2 Å². The fourth-order valence-corrected chi connectivity index (χ4v) is 3.53. The van der Waals surface area contributed by atoms with Crippen LogP contribution in [0.3, 0.4) is 0 Å². The van der Waals surface area contributed by atoms with Crippen molar-refractivity contribution in [1.29, 1.82) is 0 Å². The number of imidazole rings is 1. The van der Waals surface area contributed by atoms with Crippen LogP contribution in [0.2, 0.25) is 0 Å². The van der Waals surface area contributed by atoms with Crippen LogP contribution in [-0.2, 0) is 4.74 Å². The second-order valence-corrected chi connectivity index (χ2v) is 7.17. The molecular weight excluding hydrogens is 384 g/mol. The van der Waals surface area contributed by atoms with E-state index in [1.807, 2.05) is 42.5 Å². The molecule has 0 aromatic carbocycles. The molecule has 30 heavy (non-hydrogen) atoms. The molecule has 3 aromatic rings. The molecule has 0 bridgehead atoms. The molecule has 10 heteroatoms. The number of pyridine rings is 1. The maximum absolute atomic E-state index is 12.9. The van der Waals surface area contributed by atoms with Crippen LogP contribution in [0.15, 0.2) is 42.7 Å². The highest BCUT2D eigenvalue weighted by Crippen LogP contribution is 2.18. The zero-order valence-electron chi connectivity index (χ0n) is 16.6. The number of hydrogen-bond acceptors (Lipinski definition) is 8. The van der Waals surface area contributed by atoms with E-state index in [1.54, 1.807) is 10.6 Å². The molecule has 0 unspecified atom stereocenters. The Morgan fingerprint density at radius 2 is 2.07 bits per heavy atom. The number of fused-ring (bicyclic) bond motifs is 1. The monoisotopic (exact) mass is 406 g/mol. The minimum absolute atomic E-state index is 0.311. The molecule has 3 aromatic heterocycles. The Hall–Kier alpha value is -3.50. The van der Waals surface area contributed by atoms with E-state index in [1.165, 1.54) is 6.20 Å². The summed E-state index contributed by atoms with van der Waals surface area (Å²) in [7, 11) is 1.93. The van der Waals surface area contributed by atoms with E-state index in [9.17, 15) is 4.79 Å². The van der Waals surface area contributed by atoms with Gasteiger partial charge in [-0.25, -0.2) is 19.9 Å². The quantitative estimate of drug-likeness (QED) is 0.662. The molecule has 154 valence electrons. The third-order valence-corrected chi connectivity index (χ3v) is 5.10. The van der Waals surface area contributed by atoms with Crippen LogP contribution in [0.5, 0.6) is 0 Å². The molecule has 1 amide bonds. The van der Waals surface area contributed by atoms with Gasteiger partial charge in [0.05, 0.1) is 25.1 Å². The first kappa shape index (κ1) is 18.5. The Morgan fingerprint density at radius 3 is 2.87 bits per heavy atom. The smallest absolute Gasteiger partial charge is 0.277 e. The van der Waals surface area contributed by atoms with Crippen LogP contribution in [0, 0.1) is 0 Å². The van der Waals surface area contributed by atoms with Gasteiger partial charge in [0.25, 0.3) is 5.91 Å². The van der Waals surface area contributed by atoms with Gasteiger partial charge in [0.2, 0.25) is 0 Å². The van der Waals surface area contributed by atoms with E-state index in [-0.39, 0.29) is 5.91 Å². The lowest BCUT2D eigenvalue weighted by molar-refractivity contribution is 0.102. The standard InChI is InChI=1S/C20H22N8O2/c1-26-13-14(11-22-26)15-5-6-18-21-12-16(28(18)25-15)20(29)24-17-3-2-4-19(23-17)27-7-9-30-10-8-27/h2-6,12-13,22H,7-11H2,1H3,(H,23,24,29). The average Bonchev–Trinajstić information content (AvgIpc) is 3.40. The molecule has 0 atom stereocenters. The third kappa shape index (κ3) is 3.58. The maximum atomic E-state index is 12.9. The van der Waals surface area contributed by atoms with Gasteiger partial charge in [-0.2, -0.15) is 5.10 Å². The number of hydrogen-bond donors (Lipinski definition) is 2. The predicted octanol–water partition coefficient (Wildman–Crippen LogP) is 1.00. The van der Waals surface area contributed by atoms with E-state index in [4.69, 9.17) is 4.74 Å². The number of morpholine rings is 1. The summed E-state index contributed by atoms with van der Waals surface area (Å²) in [6, 6.07) is 9.35. The highest BCUT2D eigenvalue weighted by molar-refractivity contribution is 6.03. The first-order chi connectivity index (χ1) is 14.7. The number of aromatic nitrogens is 4. The molecule has 2 aliphatic rings. The number of amides is 1. The predicted molar refractivity (Wildman–Crippen MR) is 112 cm³/mol. The van der Waals surface area contributed by atoms with E-state index >= 15 is 0 Å². The lowest BCUT2D eigenvalue weighted by Crippen LogP contribution is -2.36. The van der Waals surface area contributed by atoms with Crippen molar-refractivity contribution in [2.45, 2.75) is 0 Å². The van der Waals surface area contributed by atoms with Gasteiger partial charge in [-0.1, -0.05) is 6.07 Å². The zero-order chi connectivity index (χ0) is 20.5. The fraction of sp³-hybridized carbons (Fsp3) is 0.300. The summed E-state index contributed by atoms with van der Waals surface area (Å²) in [5, 5.41) is 9.37. The number of carbonyl (C=O) groups is 1. The molecule has 2 aliphatic heterocycles. The van der Waals surface area contributed by atoms with Crippen LogP contribution in [0.25, 0.3) is 11.2 Å². The second-order valence-electron chi connectivity index (χ2n) is 7.17. The highest BCUT2D eigenvalue weighted by atomic mass is 16.5. The van der Waals surface area contributed by atoms with Crippen LogP contribution >= 0.6 is 0 Å². The minimum atomic E-state index is -0.311. The number of nitrogens with zero attached hydrogens (tertiary/aromatic N) is 6. The molecule has 0 aliphatic carbocycles. The minimum Gasteiger partial charge on any atom is -0.378 e. The summed E-state index contributed by atoms with van der Waals surface area (Å²) in [4.78, 5) is 24.0. The van der Waals surface area contributed by atoms with Gasteiger partial charge < -0.3 is 20.0 Å². The Kier molecular flexibility index (Phi) is 4.77. The number of nitrogens with one attached hydrogen (secondary N) is 2. The zero-order valence-corrected chi connectivity index (χ0v) is 16.6. The number of ether oxygens (including phenoxy) is 1. The molecule has 0 radical (unpaired) electrons. The topological polar surface area (TPSA) is 99.9 Å². The second kappa shape index (κ2) is 7.73. The summed E-state index contributed by atoms with van der Waals surface area (Å²) in [6.45, 7) is 3.60. The average molecular weight is 406 g/mol. The fourth-order valence-electron chi connectivity index (χ4n) is 3.53. The van der Waals surface area contributed by atoms with Crippen molar-refractivity contribution in [3.8, 4) is 0 Å². The molecule has 2 N–H and O–H groups in total. The van der Waals surface area contributed by atoms with Gasteiger partial charge in [-0.05, 0) is 24.3 Å². The largest absolute Gasteiger partial charge is 0.378 e. The maximum Gasteiger partial charge on any atom is 0.277 e. The molecular formula is C20H22N8O2. The Labute approximate surface area is 173 Å². The van der Waals surface area contributed by atoms with Gasteiger partial charge in [0.1, 0.15) is 11.6 Å². The molecule has 10 nitrogen and oxygen atoms in total. The summed E-state index contributed by atoms with van der Waals surface area (Å²) in [6.07, 6.45) is 3.51. The molecule has 5 heterocycles. The van der Waals surface area contributed by atoms with Crippen LogP contribution in [0.4, 0.5) is 11.6 Å². The van der Waals surface area contributed by atoms with Crippen molar-refractivity contribution in [3.05, 3.63) is 54.1 Å². The summed E-state index contributed by atoms with van der Waals surface area (Å²) >= 11 is 0. The SMILES string of the molecule is CN1C=C(c2ccc3ncc(C(=O)Nc4cccc(N5CCOCC5)n4)n3n2)CN1. The van der Waals surface area contributed by atoms with E-state index in [2.05, 4.69) is 30.7 Å². The normalized spacial score (nSPS) is 16.8. The molecule has 1 saturated heterocycles. The van der Waals surface area contributed by atoms with Gasteiger partial charge >= 0.3 is 0 Å². The van der Waals surface area contributed by atoms with Crippen molar-refractivity contribution in [2.75, 3.05) is 50.1 Å².